The number of hydrogen-bond donors (Lipinski definition) is 1. The van der Waals surface area contributed by atoms with Crippen molar-refractivity contribution in [1.82, 2.24) is 0 Å². The van der Waals surface area contributed by atoms with Crippen LogP contribution in [-0.2, 0) is 20.2 Å². The maximum Gasteiger partial charge on any atom is 0.247 e. The van der Waals surface area contributed by atoms with E-state index in [1.807, 2.05) is 19.1 Å². The van der Waals surface area contributed by atoms with E-state index in [-0.39, 0.29) is 11.2 Å². The number of amides is 1. The van der Waals surface area contributed by atoms with Crippen molar-refractivity contribution in [2.75, 3.05) is 22.5 Å². The van der Waals surface area contributed by atoms with E-state index in [2.05, 4.69) is 26.1 Å². The fourth-order valence-corrected chi connectivity index (χ4v) is 5.11. The molecule has 0 aliphatic carbocycles. The van der Waals surface area contributed by atoms with Gasteiger partial charge in [0.2, 0.25) is 15.9 Å². The first-order chi connectivity index (χ1) is 17.3. The summed E-state index contributed by atoms with van der Waals surface area (Å²) in [5, 5.41) is 2.75. The number of ether oxygens (including phenoxy) is 1. The fraction of sp³-hybridized carbons (Fsp3) is 0.310. The summed E-state index contributed by atoms with van der Waals surface area (Å²) in [6, 6.07) is 19.6. The molecule has 0 spiro atoms. The first-order valence-electron chi connectivity index (χ1n) is 12.1. The van der Waals surface area contributed by atoms with Crippen LogP contribution in [-0.4, -0.2) is 39.0 Å². The van der Waals surface area contributed by atoms with E-state index < -0.39 is 22.0 Å². The highest BCUT2D eigenvalue weighted by Crippen LogP contribution is 2.26. The normalized spacial score (nSPS) is 12.5. The monoisotopic (exact) mass is 522 g/mol. The Labute approximate surface area is 219 Å². The van der Waals surface area contributed by atoms with Gasteiger partial charge in [0, 0.05) is 16.8 Å². The summed E-state index contributed by atoms with van der Waals surface area (Å²) in [7, 11) is -3.77. The summed E-state index contributed by atoms with van der Waals surface area (Å²) in [5.74, 6) is -0.0958. The average Bonchev–Trinajstić information content (AvgIpc) is 2.84. The zero-order valence-corrected chi connectivity index (χ0v) is 22.9. The van der Waals surface area contributed by atoms with Crippen molar-refractivity contribution < 1.29 is 22.7 Å². The standard InChI is InChI=1S/C29H34N2O5S/c1-7-36-26-17-15-25(16-18-26)31(37(6,34)35)20(2)28(33)30-24-10-8-9-22(19-24)27(32)21-11-13-23(14-12-21)29(3,4)5/h8-20H,7H2,1-6H3,(H,30,33)/t20-/m0/s1. The van der Waals surface area contributed by atoms with E-state index >= 15 is 0 Å². The Kier molecular flexibility index (Phi) is 8.43. The Bertz CT molecular complexity index is 1360. The van der Waals surface area contributed by atoms with Crippen molar-refractivity contribution >= 4 is 33.1 Å². The van der Waals surface area contributed by atoms with Crippen LogP contribution in [0, 0.1) is 0 Å². The lowest BCUT2D eigenvalue weighted by Crippen LogP contribution is -2.45. The summed E-state index contributed by atoms with van der Waals surface area (Å²) in [5.41, 5.74) is 2.81. The number of ketones is 1. The highest BCUT2D eigenvalue weighted by atomic mass is 32.2. The predicted molar refractivity (Wildman–Crippen MR) is 148 cm³/mol. The van der Waals surface area contributed by atoms with Crippen LogP contribution in [0.1, 0.15) is 56.1 Å². The zero-order valence-electron chi connectivity index (χ0n) is 22.1. The fourth-order valence-electron chi connectivity index (χ4n) is 3.94. The number of rotatable bonds is 9. The lowest BCUT2D eigenvalue weighted by molar-refractivity contribution is -0.116. The molecule has 0 fully saturated rings. The highest BCUT2D eigenvalue weighted by molar-refractivity contribution is 7.92. The Morgan fingerprint density at radius 3 is 2.11 bits per heavy atom. The third-order valence-corrected chi connectivity index (χ3v) is 7.14. The molecule has 0 aromatic heterocycles. The number of benzene rings is 3. The van der Waals surface area contributed by atoms with Crippen LogP contribution in [0.15, 0.2) is 72.8 Å². The Morgan fingerprint density at radius 2 is 1.57 bits per heavy atom. The second-order valence-corrected chi connectivity index (χ2v) is 11.7. The number of nitrogens with one attached hydrogen (secondary N) is 1. The van der Waals surface area contributed by atoms with Gasteiger partial charge in [-0.2, -0.15) is 0 Å². The third kappa shape index (κ3) is 6.98. The summed E-state index contributed by atoms with van der Waals surface area (Å²) in [6.45, 7) is 10.2. The number of sulfonamides is 1. The van der Waals surface area contributed by atoms with Gasteiger partial charge in [-0.1, -0.05) is 57.2 Å². The molecule has 1 N–H and O–H groups in total. The lowest BCUT2D eigenvalue weighted by atomic mass is 9.86. The molecule has 3 aromatic carbocycles. The van der Waals surface area contributed by atoms with Gasteiger partial charge in [-0.15, -0.1) is 0 Å². The van der Waals surface area contributed by atoms with Crippen molar-refractivity contribution in [1.29, 1.82) is 0 Å². The molecule has 0 bridgehead atoms. The molecular weight excluding hydrogens is 488 g/mol. The highest BCUT2D eigenvalue weighted by Gasteiger charge is 2.29. The van der Waals surface area contributed by atoms with Crippen molar-refractivity contribution in [2.24, 2.45) is 0 Å². The summed E-state index contributed by atoms with van der Waals surface area (Å²) < 4.78 is 31.7. The topological polar surface area (TPSA) is 92.8 Å². The van der Waals surface area contributed by atoms with Crippen molar-refractivity contribution in [3.05, 3.63) is 89.5 Å². The maximum absolute atomic E-state index is 13.1. The van der Waals surface area contributed by atoms with Crippen molar-refractivity contribution in [2.45, 2.75) is 46.1 Å². The van der Waals surface area contributed by atoms with Gasteiger partial charge in [0.1, 0.15) is 11.8 Å². The molecule has 0 saturated carbocycles. The summed E-state index contributed by atoms with van der Waals surface area (Å²) >= 11 is 0. The molecule has 7 nitrogen and oxygen atoms in total. The van der Waals surface area contributed by atoms with Crippen LogP contribution in [0.2, 0.25) is 0 Å². The molecule has 0 saturated heterocycles. The smallest absolute Gasteiger partial charge is 0.247 e. The van der Waals surface area contributed by atoms with Gasteiger partial charge in [0.15, 0.2) is 5.78 Å². The van der Waals surface area contributed by atoms with Gasteiger partial charge in [-0.25, -0.2) is 8.42 Å². The van der Waals surface area contributed by atoms with Gasteiger partial charge in [0.05, 0.1) is 18.6 Å². The van der Waals surface area contributed by atoms with E-state index in [4.69, 9.17) is 4.74 Å². The molecule has 3 aromatic rings. The molecule has 3 rings (SSSR count). The first-order valence-corrected chi connectivity index (χ1v) is 13.9. The molecule has 8 heteroatoms. The zero-order chi connectivity index (χ0) is 27.4. The average molecular weight is 523 g/mol. The van der Waals surface area contributed by atoms with Gasteiger partial charge in [-0.05, 0) is 61.2 Å². The Morgan fingerprint density at radius 1 is 0.946 bits per heavy atom. The predicted octanol–water partition coefficient (Wildman–Crippen LogP) is 5.41. The van der Waals surface area contributed by atoms with E-state index in [9.17, 15) is 18.0 Å². The first kappa shape index (κ1) is 27.9. The van der Waals surface area contributed by atoms with Gasteiger partial charge in [-0.3, -0.25) is 13.9 Å². The van der Waals surface area contributed by atoms with Gasteiger partial charge < -0.3 is 10.1 Å². The van der Waals surface area contributed by atoms with Gasteiger partial charge >= 0.3 is 0 Å². The number of anilines is 2. The molecule has 0 aliphatic heterocycles. The van der Waals surface area contributed by atoms with E-state index in [1.54, 1.807) is 60.7 Å². The molecule has 0 radical (unpaired) electrons. The van der Waals surface area contributed by atoms with Crippen LogP contribution in [0.25, 0.3) is 0 Å². The molecular formula is C29H34N2O5S. The Hall–Kier alpha value is -3.65. The van der Waals surface area contributed by atoms with Crippen molar-refractivity contribution in [3.63, 3.8) is 0 Å². The quantitative estimate of drug-likeness (QED) is 0.380. The molecule has 0 unspecified atom stereocenters. The molecule has 0 heterocycles. The second kappa shape index (κ2) is 11.2. The Balaban J connectivity index is 1.80. The molecule has 0 aliphatic rings. The van der Waals surface area contributed by atoms with Gasteiger partial charge in [0.25, 0.3) is 0 Å². The lowest BCUT2D eigenvalue weighted by Gasteiger charge is -2.28. The minimum atomic E-state index is -3.77. The third-order valence-electron chi connectivity index (χ3n) is 5.90. The van der Waals surface area contributed by atoms with E-state index in [0.717, 1.165) is 16.1 Å². The summed E-state index contributed by atoms with van der Waals surface area (Å²) in [6.07, 6.45) is 1.05. The van der Waals surface area contributed by atoms with E-state index in [1.165, 1.54) is 6.92 Å². The number of carbonyl (C=O) groups is 2. The van der Waals surface area contributed by atoms with Crippen LogP contribution < -0.4 is 14.4 Å². The SMILES string of the molecule is CCOc1ccc(N([C@@H](C)C(=O)Nc2cccc(C(=O)c3ccc(C(C)(C)C)cc3)c2)S(C)(=O)=O)cc1. The molecule has 1 amide bonds. The number of nitrogens with zero attached hydrogens (tertiary/aromatic N) is 1. The van der Waals surface area contributed by atoms with E-state index in [0.29, 0.717) is 34.9 Å². The van der Waals surface area contributed by atoms with Crippen molar-refractivity contribution in [3.8, 4) is 5.75 Å². The molecule has 1 atom stereocenters. The largest absolute Gasteiger partial charge is 0.494 e. The maximum atomic E-state index is 13.1. The van der Waals surface area contributed by atoms with Crippen LogP contribution in [0.4, 0.5) is 11.4 Å². The summed E-state index contributed by atoms with van der Waals surface area (Å²) in [4.78, 5) is 26.2. The minimum Gasteiger partial charge on any atom is -0.494 e. The molecule has 196 valence electrons. The second-order valence-electron chi connectivity index (χ2n) is 9.89. The van der Waals surface area contributed by atoms with Crippen LogP contribution in [0.3, 0.4) is 0 Å². The van der Waals surface area contributed by atoms with Crippen LogP contribution >= 0.6 is 0 Å². The minimum absolute atomic E-state index is 0.0202. The number of carbonyl (C=O) groups excluding carboxylic acids is 2. The van der Waals surface area contributed by atoms with Crippen LogP contribution in [0.5, 0.6) is 5.75 Å². The molecule has 37 heavy (non-hydrogen) atoms. The number of hydrogen-bond acceptors (Lipinski definition) is 5.